The highest BCUT2D eigenvalue weighted by atomic mass is 15.1. The summed E-state index contributed by atoms with van der Waals surface area (Å²) in [5.41, 5.74) is 9.15. The van der Waals surface area contributed by atoms with Gasteiger partial charge >= 0.3 is 0 Å². The fourth-order valence-corrected chi connectivity index (χ4v) is 6.62. The van der Waals surface area contributed by atoms with Crippen LogP contribution in [0.2, 0.25) is 0 Å². The van der Waals surface area contributed by atoms with Gasteiger partial charge in [-0.15, -0.1) is 0 Å². The van der Waals surface area contributed by atoms with E-state index in [1.807, 2.05) is 18.6 Å². The molecule has 40 heavy (non-hydrogen) atoms. The fraction of sp³-hybridized carbons (Fsp3) is 0.471. The van der Waals surface area contributed by atoms with Crippen molar-refractivity contribution < 1.29 is 0 Å². The summed E-state index contributed by atoms with van der Waals surface area (Å²) in [5, 5.41) is 7.29. The molecule has 6 nitrogen and oxygen atoms in total. The van der Waals surface area contributed by atoms with Gasteiger partial charge in [0.25, 0.3) is 0 Å². The van der Waals surface area contributed by atoms with Gasteiger partial charge in [-0.2, -0.15) is 0 Å². The molecule has 0 saturated carbocycles. The Balaban J connectivity index is 1.17. The Hall–Kier alpha value is -3.22. The van der Waals surface area contributed by atoms with E-state index < -0.39 is 0 Å². The SMILES string of the molecule is C=C(Nc1ccnc(CC2CCN(C)CC2)c1)C1(C)CNc2ccc(-c3cncc(CN4CCCCC4)c3)cc21. The van der Waals surface area contributed by atoms with Crippen LogP contribution in [0.1, 0.15) is 55.8 Å². The maximum absolute atomic E-state index is 4.70. The molecule has 3 aromatic rings. The maximum Gasteiger partial charge on any atom is 0.0511 e. The van der Waals surface area contributed by atoms with Gasteiger partial charge in [0.05, 0.1) is 5.41 Å². The number of likely N-dealkylation sites (tertiary alicyclic amines) is 2. The molecule has 3 aliphatic heterocycles. The number of aromatic nitrogens is 2. The zero-order valence-corrected chi connectivity index (χ0v) is 24.3. The van der Waals surface area contributed by atoms with E-state index in [1.54, 1.807) is 0 Å². The predicted octanol–water partition coefficient (Wildman–Crippen LogP) is 6.32. The highest BCUT2D eigenvalue weighted by Crippen LogP contribution is 2.43. The number of fused-ring (bicyclic) bond motifs is 1. The molecule has 1 atom stereocenters. The number of nitrogens with zero attached hydrogens (tertiary/aromatic N) is 4. The van der Waals surface area contributed by atoms with Crippen LogP contribution in [0.25, 0.3) is 11.1 Å². The van der Waals surface area contributed by atoms with Crippen molar-refractivity contribution in [1.82, 2.24) is 19.8 Å². The van der Waals surface area contributed by atoms with Crippen LogP contribution in [0.15, 0.2) is 67.3 Å². The number of nitrogens with one attached hydrogen (secondary N) is 2. The molecule has 2 fully saturated rings. The average molecular weight is 537 g/mol. The van der Waals surface area contributed by atoms with Crippen molar-refractivity contribution in [2.24, 2.45) is 5.92 Å². The number of piperidine rings is 2. The monoisotopic (exact) mass is 536 g/mol. The summed E-state index contributed by atoms with van der Waals surface area (Å²) in [6.07, 6.45) is 13.5. The Morgan fingerprint density at radius 3 is 2.67 bits per heavy atom. The number of anilines is 2. The Morgan fingerprint density at radius 1 is 1.02 bits per heavy atom. The largest absolute Gasteiger partial charge is 0.384 e. The number of rotatable bonds is 8. The van der Waals surface area contributed by atoms with Gasteiger partial charge in [0.1, 0.15) is 0 Å². The van der Waals surface area contributed by atoms with E-state index in [-0.39, 0.29) is 5.41 Å². The van der Waals surface area contributed by atoms with Crippen molar-refractivity contribution >= 4 is 11.4 Å². The van der Waals surface area contributed by atoms with Crippen LogP contribution in [-0.2, 0) is 18.4 Å². The third kappa shape index (κ3) is 5.93. The number of pyridine rings is 2. The van der Waals surface area contributed by atoms with Gasteiger partial charge in [0, 0.05) is 60.0 Å². The highest BCUT2D eigenvalue weighted by molar-refractivity contribution is 5.73. The molecule has 1 aromatic carbocycles. The Morgan fingerprint density at radius 2 is 1.85 bits per heavy atom. The molecule has 0 radical (unpaired) electrons. The van der Waals surface area contributed by atoms with E-state index in [0.717, 1.165) is 36.8 Å². The van der Waals surface area contributed by atoms with E-state index >= 15 is 0 Å². The van der Waals surface area contributed by atoms with Crippen molar-refractivity contribution in [3.05, 3.63) is 84.1 Å². The Bertz CT molecular complexity index is 1340. The summed E-state index contributed by atoms with van der Waals surface area (Å²) in [6, 6.07) is 13.4. The highest BCUT2D eigenvalue weighted by Gasteiger charge is 2.37. The van der Waals surface area contributed by atoms with Crippen molar-refractivity contribution in [3.8, 4) is 11.1 Å². The van der Waals surface area contributed by atoms with Crippen LogP contribution < -0.4 is 10.6 Å². The van der Waals surface area contributed by atoms with Crippen molar-refractivity contribution in [3.63, 3.8) is 0 Å². The lowest BCUT2D eigenvalue weighted by Gasteiger charge is -2.29. The zero-order valence-electron chi connectivity index (χ0n) is 24.3. The molecular formula is C34H44N6. The van der Waals surface area contributed by atoms with Gasteiger partial charge in [0.2, 0.25) is 0 Å². The molecule has 6 heteroatoms. The first kappa shape index (κ1) is 27.0. The molecular weight excluding hydrogens is 492 g/mol. The van der Waals surface area contributed by atoms with Crippen LogP contribution in [-0.4, -0.2) is 59.5 Å². The normalized spacial score (nSPS) is 22.1. The average Bonchev–Trinajstić information content (AvgIpc) is 3.32. The molecule has 2 saturated heterocycles. The van der Waals surface area contributed by atoms with E-state index in [9.17, 15) is 0 Å². The lowest BCUT2D eigenvalue weighted by atomic mass is 9.80. The molecule has 2 N–H and O–H groups in total. The molecule has 0 spiro atoms. The molecule has 3 aliphatic rings. The minimum Gasteiger partial charge on any atom is -0.384 e. The van der Waals surface area contributed by atoms with E-state index in [0.29, 0.717) is 0 Å². The Kier molecular flexibility index (Phi) is 7.90. The molecule has 5 heterocycles. The van der Waals surface area contributed by atoms with Gasteiger partial charge in [0.15, 0.2) is 0 Å². The Labute approximate surface area is 239 Å². The van der Waals surface area contributed by atoms with Crippen LogP contribution in [0.3, 0.4) is 0 Å². The van der Waals surface area contributed by atoms with Gasteiger partial charge in [-0.25, -0.2) is 0 Å². The predicted molar refractivity (Wildman–Crippen MR) is 166 cm³/mol. The number of hydrogen-bond acceptors (Lipinski definition) is 6. The summed E-state index contributed by atoms with van der Waals surface area (Å²) < 4.78 is 0. The lowest BCUT2D eigenvalue weighted by molar-refractivity contribution is 0.218. The summed E-state index contributed by atoms with van der Waals surface area (Å²) in [4.78, 5) is 14.3. The third-order valence-electron chi connectivity index (χ3n) is 9.34. The third-order valence-corrected chi connectivity index (χ3v) is 9.34. The van der Waals surface area contributed by atoms with Crippen molar-refractivity contribution in [2.45, 2.75) is 57.4 Å². The second-order valence-corrected chi connectivity index (χ2v) is 12.5. The summed E-state index contributed by atoms with van der Waals surface area (Å²) in [7, 11) is 2.22. The minimum atomic E-state index is -0.235. The minimum absolute atomic E-state index is 0.235. The first-order chi connectivity index (χ1) is 19.5. The second kappa shape index (κ2) is 11.7. The lowest BCUT2D eigenvalue weighted by Crippen LogP contribution is -2.31. The van der Waals surface area contributed by atoms with Crippen LogP contribution >= 0.6 is 0 Å². The topological polar surface area (TPSA) is 56.3 Å². The van der Waals surface area contributed by atoms with Crippen LogP contribution in [0.4, 0.5) is 11.4 Å². The molecule has 0 aliphatic carbocycles. The zero-order chi connectivity index (χ0) is 27.5. The van der Waals surface area contributed by atoms with Crippen molar-refractivity contribution in [2.75, 3.05) is 50.4 Å². The van der Waals surface area contributed by atoms with E-state index in [1.165, 1.54) is 91.9 Å². The van der Waals surface area contributed by atoms with Crippen LogP contribution in [0.5, 0.6) is 0 Å². The quantitative estimate of drug-likeness (QED) is 0.351. The summed E-state index contributed by atoms with van der Waals surface area (Å²) in [5.74, 6) is 0.719. The smallest absolute Gasteiger partial charge is 0.0511 e. The first-order valence-electron chi connectivity index (χ1n) is 15.1. The molecule has 0 bridgehead atoms. The van der Waals surface area contributed by atoms with Gasteiger partial charge < -0.3 is 15.5 Å². The number of benzene rings is 1. The summed E-state index contributed by atoms with van der Waals surface area (Å²) >= 11 is 0. The van der Waals surface area contributed by atoms with Crippen LogP contribution in [0, 0.1) is 5.92 Å². The first-order valence-corrected chi connectivity index (χ1v) is 15.1. The second-order valence-electron chi connectivity index (χ2n) is 12.5. The summed E-state index contributed by atoms with van der Waals surface area (Å²) in [6.45, 7) is 13.4. The fourth-order valence-electron chi connectivity index (χ4n) is 6.62. The van der Waals surface area contributed by atoms with E-state index in [2.05, 4.69) is 82.4 Å². The molecule has 2 aromatic heterocycles. The standard InChI is InChI=1S/C34H44N6/c1-25(38-30-9-12-36-31(20-30)18-26-10-15-39(3)16-11-26)34(2)24-37-33-8-7-28(19-32(33)34)29-17-27(21-35-22-29)23-40-13-5-4-6-14-40/h7-9,12,17,19-22,26,37H,1,4-6,10-11,13-16,18,23-24H2,2-3H3,(H,36,38). The van der Waals surface area contributed by atoms with Gasteiger partial charge in [-0.1, -0.05) is 19.1 Å². The van der Waals surface area contributed by atoms with Crippen molar-refractivity contribution in [1.29, 1.82) is 0 Å². The van der Waals surface area contributed by atoms with Gasteiger partial charge in [-0.05, 0) is 125 Å². The number of hydrogen-bond donors (Lipinski definition) is 2. The van der Waals surface area contributed by atoms with E-state index in [4.69, 9.17) is 4.98 Å². The molecule has 210 valence electrons. The maximum atomic E-state index is 4.70. The van der Waals surface area contributed by atoms with Gasteiger partial charge in [-0.3, -0.25) is 14.9 Å². The molecule has 1 unspecified atom stereocenters. The molecule has 6 rings (SSSR count). The molecule has 0 amide bonds.